The summed E-state index contributed by atoms with van der Waals surface area (Å²) in [6, 6.07) is 14.2. The number of aromatic nitrogens is 4. The highest BCUT2D eigenvalue weighted by Gasteiger charge is 2.27. The van der Waals surface area contributed by atoms with E-state index in [0.29, 0.717) is 0 Å². The summed E-state index contributed by atoms with van der Waals surface area (Å²) < 4.78 is 2.05. The van der Waals surface area contributed by atoms with Crippen LogP contribution in [0.4, 0.5) is 5.69 Å². The van der Waals surface area contributed by atoms with Crippen molar-refractivity contribution in [2.24, 2.45) is 0 Å². The lowest BCUT2D eigenvalue weighted by molar-refractivity contribution is -0.130. The van der Waals surface area contributed by atoms with Crippen molar-refractivity contribution in [2.45, 2.75) is 30.8 Å². The molecule has 2 aromatic heterocycles. The van der Waals surface area contributed by atoms with Crippen LogP contribution in [0.15, 0.2) is 60.0 Å². The summed E-state index contributed by atoms with van der Waals surface area (Å²) in [5.41, 5.74) is 2.19. The summed E-state index contributed by atoms with van der Waals surface area (Å²) in [5, 5.41) is 9.27. The van der Waals surface area contributed by atoms with Crippen LogP contribution in [0.2, 0.25) is 0 Å². The van der Waals surface area contributed by atoms with Gasteiger partial charge in [0.1, 0.15) is 0 Å². The van der Waals surface area contributed by atoms with Gasteiger partial charge in [-0.15, -0.1) is 10.2 Å². The minimum atomic E-state index is -0.215. The zero-order valence-electron chi connectivity index (χ0n) is 17.3. The maximum absolute atomic E-state index is 13.0. The molecule has 0 N–H and O–H groups in total. The second kappa shape index (κ2) is 9.30. The van der Waals surface area contributed by atoms with Crippen LogP contribution in [0.1, 0.15) is 13.8 Å². The second-order valence-electron chi connectivity index (χ2n) is 7.19. The number of piperazine rings is 1. The molecule has 0 unspecified atom stereocenters. The van der Waals surface area contributed by atoms with Crippen LogP contribution in [0.3, 0.4) is 0 Å². The van der Waals surface area contributed by atoms with E-state index in [1.165, 1.54) is 17.4 Å². The number of thioether (sulfide) groups is 1. The van der Waals surface area contributed by atoms with Crippen LogP contribution in [0.5, 0.6) is 0 Å². The number of amides is 1. The molecule has 0 radical (unpaired) electrons. The molecule has 0 spiro atoms. The van der Waals surface area contributed by atoms with Gasteiger partial charge >= 0.3 is 0 Å². The third-order valence-electron chi connectivity index (χ3n) is 5.31. The van der Waals surface area contributed by atoms with Crippen LogP contribution < -0.4 is 4.90 Å². The van der Waals surface area contributed by atoms with E-state index < -0.39 is 0 Å². The maximum atomic E-state index is 13.0. The first kappa shape index (κ1) is 20.4. The molecule has 1 saturated heterocycles. The van der Waals surface area contributed by atoms with Crippen molar-refractivity contribution in [3.05, 3.63) is 54.9 Å². The predicted molar refractivity (Wildman–Crippen MR) is 119 cm³/mol. The number of nitrogens with zero attached hydrogens (tertiary/aromatic N) is 6. The zero-order valence-corrected chi connectivity index (χ0v) is 18.1. The molecule has 0 aliphatic carbocycles. The van der Waals surface area contributed by atoms with E-state index in [2.05, 4.69) is 55.8 Å². The zero-order chi connectivity index (χ0) is 20.9. The highest BCUT2D eigenvalue weighted by Crippen LogP contribution is 2.28. The SMILES string of the molecule is CCn1c(S[C@@H](C)C(=O)N2CCN(c3ccccc3)CC2)nnc1-c1ccncc1. The average Bonchev–Trinajstić information content (AvgIpc) is 3.22. The molecule has 1 amide bonds. The Bertz CT molecular complexity index is 970. The molecule has 1 aromatic carbocycles. The third kappa shape index (κ3) is 4.33. The number of benzene rings is 1. The number of para-hydroxylation sites is 1. The van der Waals surface area contributed by atoms with Gasteiger partial charge in [-0.05, 0) is 38.1 Å². The fourth-order valence-electron chi connectivity index (χ4n) is 3.66. The van der Waals surface area contributed by atoms with Gasteiger partial charge in [0, 0.05) is 56.4 Å². The minimum Gasteiger partial charge on any atom is -0.368 e. The number of carbonyl (C=O) groups is 1. The van der Waals surface area contributed by atoms with E-state index in [1.54, 1.807) is 12.4 Å². The maximum Gasteiger partial charge on any atom is 0.236 e. The summed E-state index contributed by atoms with van der Waals surface area (Å²) in [4.78, 5) is 21.4. The smallest absolute Gasteiger partial charge is 0.236 e. The van der Waals surface area contributed by atoms with E-state index >= 15 is 0 Å². The summed E-state index contributed by atoms with van der Waals surface area (Å²) >= 11 is 1.48. The minimum absolute atomic E-state index is 0.156. The summed E-state index contributed by atoms with van der Waals surface area (Å²) in [6.07, 6.45) is 3.50. The summed E-state index contributed by atoms with van der Waals surface area (Å²) in [5.74, 6) is 0.961. The van der Waals surface area contributed by atoms with E-state index in [4.69, 9.17) is 0 Å². The quantitative estimate of drug-likeness (QED) is 0.569. The van der Waals surface area contributed by atoms with Crippen molar-refractivity contribution >= 4 is 23.4 Å². The fraction of sp³-hybridized carbons (Fsp3) is 0.364. The number of pyridine rings is 1. The van der Waals surface area contributed by atoms with Gasteiger partial charge in [-0.2, -0.15) is 0 Å². The van der Waals surface area contributed by atoms with E-state index in [-0.39, 0.29) is 11.2 Å². The van der Waals surface area contributed by atoms with Crippen molar-refractivity contribution in [3.63, 3.8) is 0 Å². The highest BCUT2D eigenvalue weighted by atomic mass is 32.2. The molecule has 3 heterocycles. The number of hydrogen-bond acceptors (Lipinski definition) is 6. The Morgan fingerprint density at radius 2 is 1.73 bits per heavy atom. The first-order valence-corrected chi connectivity index (χ1v) is 11.1. The molecular formula is C22H26N6OS. The van der Waals surface area contributed by atoms with Crippen LogP contribution in [0.25, 0.3) is 11.4 Å². The van der Waals surface area contributed by atoms with Crippen molar-refractivity contribution < 1.29 is 4.79 Å². The van der Waals surface area contributed by atoms with Gasteiger partial charge in [0.05, 0.1) is 5.25 Å². The molecule has 3 aromatic rings. The van der Waals surface area contributed by atoms with Crippen molar-refractivity contribution in [2.75, 3.05) is 31.1 Å². The second-order valence-corrected chi connectivity index (χ2v) is 8.50. The van der Waals surface area contributed by atoms with Gasteiger partial charge in [-0.1, -0.05) is 30.0 Å². The Kier molecular flexibility index (Phi) is 6.32. The van der Waals surface area contributed by atoms with Gasteiger partial charge < -0.3 is 14.4 Å². The largest absolute Gasteiger partial charge is 0.368 e. The Balaban J connectivity index is 1.39. The third-order valence-corrected chi connectivity index (χ3v) is 6.38. The van der Waals surface area contributed by atoms with Crippen molar-refractivity contribution in [3.8, 4) is 11.4 Å². The van der Waals surface area contributed by atoms with Crippen LogP contribution in [-0.4, -0.2) is 62.0 Å². The van der Waals surface area contributed by atoms with Crippen molar-refractivity contribution in [1.29, 1.82) is 0 Å². The first-order valence-electron chi connectivity index (χ1n) is 10.3. The molecule has 1 atom stereocenters. The van der Waals surface area contributed by atoms with Gasteiger partial charge in [0.2, 0.25) is 5.91 Å². The number of rotatable bonds is 6. The molecule has 30 heavy (non-hydrogen) atoms. The number of anilines is 1. The monoisotopic (exact) mass is 422 g/mol. The molecule has 156 valence electrons. The summed E-state index contributed by atoms with van der Waals surface area (Å²) in [7, 11) is 0. The van der Waals surface area contributed by atoms with E-state index in [1.807, 2.05) is 30.0 Å². The van der Waals surface area contributed by atoms with Gasteiger partial charge in [0.15, 0.2) is 11.0 Å². The van der Waals surface area contributed by atoms with Gasteiger partial charge in [-0.25, -0.2) is 0 Å². The molecule has 0 saturated carbocycles. The standard InChI is InChI=1S/C22H26N6OS/c1-3-28-20(18-9-11-23-12-10-18)24-25-22(28)30-17(2)21(29)27-15-13-26(14-16-27)19-7-5-4-6-8-19/h4-12,17H,3,13-16H2,1-2H3/t17-/m0/s1. The highest BCUT2D eigenvalue weighted by molar-refractivity contribution is 8.00. The summed E-state index contributed by atoms with van der Waals surface area (Å²) in [6.45, 7) is 7.94. The molecule has 0 bridgehead atoms. The first-order chi connectivity index (χ1) is 14.7. The molecule has 4 rings (SSSR count). The lowest BCUT2D eigenvalue weighted by Crippen LogP contribution is -2.50. The van der Waals surface area contributed by atoms with Crippen molar-refractivity contribution in [1.82, 2.24) is 24.6 Å². The molecule has 1 aliphatic rings. The number of hydrogen-bond donors (Lipinski definition) is 0. The Labute approximate surface area is 181 Å². The Hall–Kier alpha value is -2.87. The van der Waals surface area contributed by atoms with Gasteiger partial charge in [-0.3, -0.25) is 9.78 Å². The molecular weight excluding hydrogens is 396 g/mol. The van der Waals surface area contributed by atoms with Crippen LogP contribution in [0, 0.1) is 0 Å². The lowest BCUT2D eigenvalue weighted by Gasteiger charge is -2.37. The Morgan fingerprint density at radius 1 is 1.03 bits per heavy atom. The van der Waals surface area contributed by atoms with E-state index in [0.717, 1.165) is 49.3 Å². The average molecular weight is 423 g/mol. The van der Waals surface area contributed by atoms with E-state index in [9.17, 15) is 4.79 Å². The van der Waals surface area contributed by atoms with Gasteiger partial charge in [0.25, 0.3) is 0 Å². The molecule has 7 nitrogen and oxygen atoms in total. The molecule has 1 fully saturated rings. The topological polar surface area (TPSA) is 67.2 Å². The lowest BCUT2D eigenvalue weighted by atomic mass is 10.2. The molecule has 1 aliphatic heterocycles. The number of carbonyl (C=O) groups excluding carboxylic acids is 1. The predicted octanol–water partition coefficient (Wildman–Crippen LogP) is 3.19. The van der Waals surface area contributed by atoms with Crippen LogP contribution in [-0.2, 0) is 11.3 Å². The normalized spacial score (nSPS) is 15.3. The van der Waals surface area contributed by atoms with Crippen LogP contribution >= 0.6 is 11.8 Å². The fourth-order valence-corrected chi connectivity index (χ4v) is 4.66. The Morgan fingerprint density at radius 3 is 2.40 bits per heavy atom. The molecule has 8 heteroatoms.